The topological polar surface area (TPSA) is 52.6 Å². The normalized spacial score (nSPS) is 11.1. The van der Waals surface area contributed by atoms with Crippen LogP contribution in [0.25, 0.3) is 0 Å². The molecule has 0 bridgehead atoms. The summed E-state index contributed by atoms with van der Waals surface area (Å²) in [6, 6.07) is 13.2. The van der Waals surface area contributed by atoms with Crippen LogP contribution >= 0.6 is 0 Å². The monoisotopic (exact) mass is 306 g/mol. The summed E-state index contributed by atoms with van der Waals surface area (Å²) in [7, 11) is -1.88. The molecule has 6 heteroatoms. The van der Waals surface area contributed by atoms with E-state index in [1.54, 1.807) is 55.6 Å². The quantitative estimate of drug-likeness (QED) is 0.794. The van der Waals surface area contributed by atoms with Crippen LogP contribution in [0.2, 0.25) is 0 Å². The minimum Gasteiger partial charge on any atom is -0.624 e. The van der Waals surface area contributed by atoms with Crippen LogP contribution < -0.4 is 3.79 Å². The van der Waals surface area contributed by atoms with Crippen LogP contribution in [0.15, 0.2) is 58.3 Å². The highest BCUT2D eigenvalue weighted by atomic mass is 32.2. The van der Waals surface area contributed by atoms with Gasteiger partial charge in [-0.1, -0.05) is 17.7 Å². The van der Waals surface area contributed by atoms with Crippen molar-refractivity contribution in [2.75, 3.05) is 7.11 Å². The van der Waals surface area contributed by atoms with Crippen molar-refractivity contribution in [3.05, 3.63) is 54.1 Å². The molecule has 2 aromatic rings. The van der Waals surface area contributed by atoms with Gasteiger partial charge in [0.2, 0.25) is 9.84 Å². The lowest BCUT2D eigenvalue weighted by molar-refractivity contribution is 0.366. The summed E-state index contributed by atoms with van der Waals surface area (Å²) < 4.78 is 35.1. The predicted molar refractivity (Wildman–Crippen MR) is 77.9 cm³/mol. The highest BCUT2D eigenvalue weighted by Gasteiger charge is 2.17. The van der Waals surface area contributed by atoms with Crippen LogP contribution in [-0.2, 0) is 13.6 Å². The maximum atomic E-state index is 12.4. The van der Waals surface area contributed by atoms with Gasteiger partial charge in [0.25, 0.3) is 0 Å². The van der Waals surface area contributed by atoms with Crippen molar-refractivity contribution in [1.29, 1.82) is 0 Å². The average molecular weight is 306 g/mol. The Balaban J connectivity index is 2.27. The zero-order valence-corrected chi connectivity index (χ0v) is 13.6. The maximum Gasteiger partial charge on any atom is 0.740 e. The Hall–Kier alpha value is -1.32. The Kier molecular flexibility index (Phi) is 4.84. The van der Waals surface area contributed by atoms with E-state index in [2.05, 4.69) is 0 Å². The van der Waals surface area contributed by atoms with Crippen molar-refractivity contribution in [3.8, 4) is 5.75 Å². The van der Waals surface area contributed by atoms with Crippen LogP contribution in [0.4, 0.5) is 0 Å². The van der Waals surface area contributed by atoms with Gasteiger partial charge in [0.05, 0.1) is 15.5 Å². The largest absolute Gasteiger partial charge is 0.740 e. The fourth-order valence-corrected chi connectivity index (χ4v) is 3.40. The molecule has 0 aliphatic rings. The molecule has 4 nitrogen and oxygen atoms in total. The van der Waals surface area contributed by atoms with Gasteiger partial charge in [-0.25, -0.2) is 8.42 Å². The maximum absolute atomic E-state index is 12.4. The van der Waals surface area contributed by atoms with E-state index in [0.29, 0.717) is 10.6 Å². The number of rotatable bonds is 5. The summed E-state index contributed by atoms with van der Waals surface area (Å²) >= 11 is -1.03. The third-order valence-corrected chi connectivity index (χ3v) is 5.28. The van der Waals surface area contributed by atoms with E-state index in [1.807, 2.05) is 6.92 Å². The summed E-state index contributed by atoms with van der Waals surface area (Å²) in [5.41, 5.74) is 1.03. The first-order chi connectivity index (χ1) is 9.54. The molecule has 0 saturated carbocycles. The minimum atomic E-state index is -3.47. The molecule has 0 spiro atoms. The van der Waals surface area contributed by atoms with Crippen molar-refractivity contribution >= 4 is 25.7 Å². The van der Waals surface area contributed by atoms with Crippen molar-refractivity contribution in [3.63, 3.8) is 0 Å². The van der Waals surface area contributed by atoms with Gasteiger partial charge >= 0.3 is 15.9 Å². The number of benzene rings is 2. The first-order valence-electron chi connectivity index (χ1n) is 6.07. The molecule has 0 heterocycles. The van der Waals surface area contributed by atoms with Crippen LogP contribution in [0.1, 0.15) is 5.56 Å². The average Bonchev–Trinajstić information content (AvgIpc) is 2.46. The fourth-order valence-electron chi connectivity index (χ4n) is 1.70. The first-order valence-corrected chi connectivity index (χ1v) is 8.71. The van der Waals surface area contributed by atoms with Crippen molar-refractivity contribution in [2.24, 2.45) is 0 Å². The van der Waals surface area contributed by atoms with Crippen LogP contribution in [-0.4, -0.2) is 31.4 Å². The molecule has 0 fully saturated rings. The lowest BCUT2D eigenvalue weighted by atomic mass is 10.2. The van der Waals surface area contributed by atoms with Crippen molar-refractivity contribution in [2.45, 2.75) is 16.7 Å². The van der Waals surface area contributed by atoms with E-state index in [-0.39, 0.29) is 4.90 Å². The zero-order valence-electron chi connectivity index (χ0n) is 11.4. The van der Waals surface area contributed by atoms with Crippen LogP contribution in [0.3, 0.4) is 0 Å². The van der Waals surface area contributed by atoms with Crippen LogP contribution in [0, 0.1) is 6.92 Å². The highest BCUT2D eigenvalue weighted by Crippen LogP contribution is 2.23. The second kappa shape index (κ2) is 6.42. The van der Waals surface area contributed by atoms with Gasteiger partial charge in [0.1, 0.15) is 0 Å². The van der Waals surface area contributed by atoms with Gasteiger partial charge in [-0.05, 0) is 43.3 Å². The molecule has 20 heavy (non-hydrogen) atoms. The van der Waals surface area contributed by atoms with Crippen molar-refractivity contribution < 1.29 is 16.0 Å². The highest BCUT2D eigenvalue weighted by molar-refractivity contribution is 7.91. The lowest BCUT2D eigenvalue weighted by Gasteiger charge is -2.08. The molecular formula is C14H15AlO4S. The third kappa shape index (κ3) is 3.41. The smallest absolute Gasteiger partial charge is 0.624 e. The number of hydrogen-bond acceptors (Lipinski definition) is 4. The predicted octanol–water partition coefficient (Wildman–Crippen LogP) is 2.12. The molecule has 0 aliphatic carbocycles. The molecule has 104 valence electrons. The Bertz CT molecular complexity index is 663. The summed E-state index contributed by atoms with van der Waals surface area (Å²) in [4.78, 5) is 0.552. The van der Waals surface area contributed by atoms with Gasteiger partial charge < -0.3 is 7.58 Å². The van der Waals surface area contributed by atoms with Crippen molar-refractivity contribution in [1.82, 2.24) is 0 Å². The standard InChI is InChI=1S/C13H12O3S.CH3O.Al.H/c1-10-2-6-12(7-3-10)17(15,16)13-8-4-11(14)5-9-13;1-2;;/h2-9,14H,1H3;1H3;;/q;-1;+2;/p-1. The van der Waals surface area contributed by atoms with Gasteiger partial charge in [0, 0.05) is 7.11 Å². The first kappa shape index (κ1) is 15.1. The second-order valence-corrected chi connectivity index (χ2v) is 7.39. The number of aryl methyl sites for hydroxylation is 1. The molecule has 0 radical (unpaired) electrons. The van der Waals surface area contributed by atoms with E-state index in [1.165, 1.54) is 0 Å². The third-order valence-electron chi connectivity index (χ3n) is 2.81. The molecule has 0 saturated heterocycles. The molecule has 0 unspecified atom stereocenters. The fraction of sp³-hybridized carbons (Fsp3) is 0.143. The lowest BCUT2D eigenvalue weighted by Crippen LogP contribution is -2.05. The Morgan fingerprint density at radius 3 is 1.90 bits per heavy atom. The Labute approximate surface area is 125 Å². The number of sulfone groups is 1. The molecule has 0 N–H and O–H groups in total. The van der Waals surface area contributed by atoms with Gasteiger partial charge in [-0.3, -0.25) is 0 Å². The molecule has 0 aromatic heterocycles. The second-order valence-electron chi connectivity index (χ2n) is 4.34. The molecule has 2 rings (SSSR count). The molecule has 0 amide bonds. The summed E-state index contributed by atoms with van der Waals surface area (Å²) in [5.74, 6) is 0.626. The Morgan fingerprint density at radius 1 is 0.900 bits per heavy atom. The van der Waals surface area contributed by atoms with E-state index in [4.69, 9.17) is 7.58 Å². The molecular weight excluding hydrogens is 291 g/mol. The summed E-state index contributed by atoms with van der Waals surface area (Å²) in [5, 5.41) is 0. The minimum absolute atomic E-state index is 0.257. The molecule has 0 aliphatic heterocycles. The van der Waals surface area contributed by atoms with Crippen LogP contribution in [0.5, 0.6) is 5.75 Å². The van der Waals surface area contributed by atoms with Gasteiger partial charge in [-0.15, -0.1) is 0 Å². The summed E-state index contributed by atoms with van der Waals surface area (Å²) in [6.07, 6.45) is 0. The Morgan fingerprint density at radius 2 is 1.40 bits per heavy atom. The van der Waals surface area contributed by atoms with E-state index >= 15 is 0 Å². The molecule has 0 atom stereocenters. The van der Waals surface area contributed by atoms with Gasteiger partial charge in [0.15, 0.2) is 0 Å². The number of hydrogen-bond donors (Lipinski definition) is 0. The SMILES string of the molecule is C[O][AlH][O]c1ccc(S(=O)(=O)c2ccc(C)cc2)cc1. The van der Waals surface area contributed by atoms with E-state index in [9.17, 15) is 8.42 Å². The van der Waals surface area contributed by atoms with E-state index in [0.717, 1.165) is 5.56 Å². The van der Waals surface area contributed by atoms with E-state index < -0.39 is 25.7 Å². The van der Waals surface area contributed by atoms with Gasteiger partial charge in [-0.2, -0.15) is 0 Å². The molecule has 2 aromatic carbocycles. The summed E-state index contributed by atoms with van der Waals surface area (Å²) in [6.45, 7) is 1.92. The zero-order chi connectivity index (χ0) is 14.6.